The van der Waals surface area contributed by atoms with Crippen LogP contribution in [-0.4, -0.2) is 22.8 Å². The smallest absolute Gasteiger partial charge is 0.162 e. The number of benzene rings is 1. The molecule has 0 bridgehead atoms. The molecule has 3 rings (SSSR count). The lowest BCUT2D eigenvalue weighted by molar-refractivity contribution is 0.171. The van der Waals surface area contributed by atoms with Gasteiger partial charge in [-0.2, -0.15) is 0 Å². The Labute approximate surface area is 112 Å². The molecule has 0 radical (unpaired) electrons. The van der Waals surface area contributed by atoms with Crippen molar-refractivity contribution in [3.05, 3.63) is 29.7 Å². The SMILES string of the molecule is Cc1cc2c(cc1-c1ncn(C)c1CN)OCCO2. The number of hydrogen-bond acceptors (Lipinski definition) is 4. The summed E-state index contributed by atoms with van der Waals surface area (Å²) in [6.45, 7) is 3.69. The summed E-state index contributed by atoms with van der Waals surface area (Å²) in [5.41, 5.74) is 9.89. The summed E-state index contributed by atoms with van der Waals surface area (Å²) in [6.07, 6.45) is 1.79. The summed E-state index contributed by atoms with van der Waals surface area (Å²) < 4.78 is 13.2. The summed E-state index contributed by atoms with van der Waals surface area (Å²) in [7, 11) is 1.95. The monoisotopic (exact) mass is 259 g/mol. The molecule has 2 heterocycles. The Hall–Kier alpha value is -2.01. The quantitative estimate of drug-likeness (QED) is 0.890. The molecular formula is C14H17N3O2. The van der Waals surface area contributed by atoms with Crippen LogP contribution in [0.15, 0.2) is 18.5 Å². The van der Waals surface area contributed by atoms with Crippen LogP contribution in [-0.2, 0) is 13.6 Å². The molecular weight excluding hydrogens is 242 g/mol. The van der Waals surface area contributed by atoms with E-state index < -0.39 is 0 Å². The molecule has 5 heteroatoms. The third-order valence-corrected chi connectivity index (χ3v) is 3.40. The molecule has 1 aliphatic rings. The van der Waals surface area contributed by atoms with Crippen molar-refractivity contribution >= 4 is 0 Å². The first-order chi connectivity index (χ1) is 9.20. The minimum atomic E-state index is 0.458. The maximum atomic E-state index is 5.80. The number of hydrogen-bond donors (Lipinski definition) is 1. The van der Waals surface area contributed by atoms with Crippen LogP contribution in [0.1, 0.15) is 11.3 Å². The number of imidazole rings is 1. The number of fused-ring (bicyclic) bond motifs is 1. The summed E-state index contributed by atoms with van der Waals surface area (Å²) in [5, 5.41) is 0. The van der Waals surface area contributed by atoms with Crippen LogP contribution >= 0.6 is 0 Å². The molecule has 1 aromatic heterocycles. The van der Waals surface area contributed by atoms with E-state index in [4.69, 9.17) is 15.2 Å². The minimum absolute atomic E-state index is 0.458. The Morgan fingerprint density at radius 1 is 1.26 bits per heavy atom. The van der Waals surface area contributed by atoms with Crippen molar-refractivity contribution in [1.82, 2.24) is 9.55 Å². The molecule has 0 saturated heterocycles. The molecule has 0 amide bonds. The van der Waals surface area contributed by atoms with Gasteiger partial charge in [0.05, 0.1) is 17.7 Å². The highest BCUT2D eigenvalue weighted by molar-refractivity contribution is 5.70. The Balaban J connectivity index is 2.14. The van der Waals surface area contributed by atoms with Gasteiger partial charge >= 0.3 is 0 Å². The van der Waals surface area contributed by atoms with E-state index in [-0.39, 0.29) is 0 Å². The van der Waals surface area contributed by atoms with Crippen molar-refractivity contribution in [3.8, 4) is 22.8 Å². The molecule has 1 aromatic carbocycles. The van der Waals surface area contributed by atoms with Crippen molar-refractivity contribution in [2.75, 3.05) is 13.2 Å². The fourth-order valence-electron chi connectivity index (χ4n) is 2.37. The van der Waals surface area contributed by atoms with Gasteiger partial charge in [0, 0.05) is 19.2 Å². The predicted molar refractivity (Wildman–Crippen MR) is 72.3 cm³/mol. The van der Waals surface area contributed by atoms with E-state index in [9.17, 15) is 0 Å². The van der Waals surface area contributed by atoms with Crippen LogP contribution in [0, 0.1) is 6.92 Å². The van der Waals surface area contributed by atoms with Crippen LogP contribution in [0.25, 0.3) is 11.3 Å². The Kier molecular flexibility index (Phi) is 2.91. The van der Waals surface area contributed by atoms with Gasteiger partial charge in [0.15, 0.2) is 11.5 Å². The van der Waals surface area contributed by atoms with Gasteiger partial charge in [-0.15, -0.1) is 0 Å². The molecule has 0 aliphatic carbocycles. The molecule has 0 fully saturated rings. The molecule has 100 valence electrons. The van der Waals surface area contributed by atoms with Gasteiger partial charge in [0.1, 0.15) is 13.2 Å². The fraction of sp³-hybridized carbons (Fsp3) is 0.357. The lowest BCUT2D eigenvalue weighted by atomic mass is 10.0. The Morgan fingerprint density at radius 3 is 2.63 bits per heavy atom. The Morgan fingerprint density at radius 2 is 1.95 bits per heavy atom. The van der Waals surface area contributed by atoms with Gasteiger partial charge in [-0.05, 0) is 24.6 Å². The van der Waals surface area contributed by atoms with Gasteiger partial charge in [-0.25, -0.2) is 4.98 Å². The maximum Gasteiger partial charge on any atom is 0.162 e. The highest BCUT2D eigenvalue weighted by atomic mass is 16.6. The number of nitrogens with zero attached hydrogens (tertiary/aromatic N) is 2. The van der Waals surface area contributed by atoms with Crippen molar-refractivity contribution in [2.45, 2.75) is 13.5 Å². The fourth-order valence-corrected chi connectivity index (χ4v) is 2.37. The third kappa shape index (κ3) is 1.96. The number of ether oxygens (including phenoxy) is 2. The zero-order valence-electron chi connectivity index (χ0n) is 11.1. The lowest BCUT2D eigenvalue weighted by Crippen LogP contribution is -2.15. The van der Waals surface area contributed by atoms with E-state index in [2.05, 4.69) is 4.98 Å². The van der Waals surface area contributed by atoms with Gasteiger partial charge in [0.2, 0.25) is 0 Å². The zero-order chi connectivity index (χ0) is 13.4. The largest absolute Gasteiger partial charge is 0.486 e. The average molecular weight is 259 g/mol. The number of nitrogens with two attached hydrogens (primary N) is 1. The summed E-state index contributed by atoms with van der Waals surface area (Å²) in [4.78, 5) is 4.45. The second-order valence-electron chi connectivity index (χ2n) is 4.67. The van der Waals surface area contributed by atoms with Gasteiger partial charge in [-0.1, -0.05) is 0 Å². The zero-order valence-corrected chi connectivity index (χ0v) is 11.1. The van der Waals surface area contributed by atoms with Crippen LogP contribution in [0.5, 0.6) is 11.5 Å². The molecule has 0 atom stereocenters. The molecule has 0 spiro atoms. The van der Waals surface area contributed by atoms with E-state index >= 15 is 0 Å². The van der Waals surface area contributed by atoms with Crippen LogP contribution in [0.4, 0.5) is 0 Å². The van der Waals surface area contributed by atoms with Crippen LogP contribution in [0.2, 0.25) is 0 Å². The second-order valence-corrected chi connectivity index (χ2v) is 4.67. The normalized spacial score (nSPS) is 13.6. The molecule has 2 N–H and O–H groups in total. The molecule has 19 heavy (non-hydrogen) atoms. The van der Waals surface area contributed by atoms with E-state index in [0.29, 0.717) is 19.8 Å². The molecule has 1 aliphatic heterocycles. The first kappa shape index (κ1) is 12.0. The van der Waals surface area contributed by atoms with Crippen molar-refractivity contribution in [1.29, 1.82) is 0 Å². The van der Waals surface area contributed by atoms with Crippen LogP contribution < -0.4 is 15.2 Å². The van der Waals surface area contributed by atoms with Gasteiger partial charge in [-0.3, -0.25) is 0 Å². The lowest BCUT2D eigenvalue weighted by Gasteiger charge is -2.20. The van der Waals surface area contributed by atoms with Crippen molar-refractivity contribution in [3.63, 3.8) is 0 Å². The summed E-state index contributed by atoms with van der Waals surface area (Å²) in [5.74, 6) is 1.58. The standard InChI is InChI=1S/C14H17N3O2/c1-9-5-12-13(19-4-3-18-12)6-10(9)14-11(7-15)17(2)8-16-14/h5-6,8H,3-4,7,15H2,1-2H3. The molecule has 0 saturated carbocycles. The number of rotatable bonds is 2. The Bertz CT molecular complexity index is 619. The van der Waals surface area contributed by atoms with Crippen molar-refractivity contribution < 1.29 is 9.47 Å². The third-order valence-electron chi connectivity index (χ3n) is 3.40. The molecule has 0 unspecified atom stereocenters. The molecule has 5 nitrogen and oxygen atoms in total. The summed E-state index contributed by atoms with van der Waals surface area (Å²) >= 11 is 0. The highest BCUT2D eigenvalue weighted by Gasteiger charge is 2.18. The molecule has 2 aromatic rings. The predicted octanol–water partition coefficient (Wildman–Crippen LogP) is 1.63. The van der Waals surface area contributed by atoms with Crippen LogP contribution in [0.3, 0.4) is 0 Å². The average Bonchev–Trinajstić information content (AvgIpc) is 2.78. The first-order valence-electron chi connectivity index (χ1n) is 6.31. The van der Waals surface area contributed by atoms with Crippen molar-refractivity contribution in [2.24, 2.45) is 12.8 Å². The highest BCUT2D eigenvalue weighted by Crippen LogP contribution is 2.37. The minimum Gasteiger partial charge on any atom is -0.486 e. The maximum absolute atomic E-state index is 5.80. The second kappa shape index (κ2) is 4.59. The van der Waals surface area contributed by atoms with E-state index in [1.807, 2.05) is 30.7 Å². The number of aryl methyl sites for hydroxylation is 2. The van der Waals surface area contributed by atoms with E-state index in [1.54, 1.807) is 6.33 Å². The van der Waals surface area contributed by atoms with E-state index in [0.717, 1.165) is 34.0 Å². The van der Waals surface area contributed by atoms with Gasteiger partial charge < -0.3 is 19.8 Å². The summed E-state index contributed by atoms with van der Waals surface area (Å²) in [6, 6.07) is 3.99. The number of aromatic nitrogens is 2. The topological polar surface area (TPSA) is 62.3 Å². The first-order valence-corrected chi connectivity index (χ1v) is 6.31. The van der Waals surface area contributed by atoms with Gasteiger partial charge in [0.25, 0.3) is 0 Å². The van der Waals surface area contributed by atoms with E-state index in [1.165, 1.54) is 0 Å².